The number of aromatic hydroxyl groups is 1. The number of phenolic OH excluding ortho intramolecular Hbond substituents is 1. The Morgan fingerprint density at radius 1 is 1.06 bits per heavy atom. The first-order valence-electron chi connectivity index (χ1n) is 5.28. The van der Waals surface area contributed by atoms with Crippen molar-refractivity contribution in [3.63, 3.8) is 0 Å². The molecule has 0 unspecified atom stereocenters. The molecule has 0 atom stereocenters. The first-order chi connectivity index (χ1) is 8.40. The molecule has 0 heterocycles. The number of nitrogen functional groups attached to an aromatic ring is 2. The molecule has 0 radical (unpaired) electrons. The van der Waals surface area contributed by atoms with Gasteiger partial charge < -0.3 is 16.6 Å². The molecule has 0 saturated heterocycles. The SMILES string of the molecule is CC1=CC(=N)C(=N)C=C1.Nc1ccc(N)c(O)c1. The van der Waals surface area contributed by atoms with E-state index in [-0.39, 0.29) is 5.75 Å². The van der Waals surface area contributed by atoms with Gasteiger partial charge in [0.1, 0.15) is 5.75 Å². The molecule has 1 aliphatic carbocycles. The van der Waals surface area contributed by atoms with E-state index in [1.807, 2.05) is 13.0 Å². The molecule has 0 spiro atoms. The Hall–Kier alpha value is -2.56. The van der Waals surface area contributed by atoms with Crippen LogP contribution in [0.2, 0.25) is 0 Å². The van der Waals surface area contributed by atoms with Crippen LogP contribution in [0.25, 0.3) is 0 Å². The van der Waals surface area contributed by atoms with E-state index in [0.29, 0.717) is 22.8 Å². The monoisotopic (exact) mass is 244 g/mol. The van der Waals surface area contributed by atoms with Crippen LogP contribution in [0, 0.1) is 10.8 Å². The van der Waals surface area contributed by atoms with Gasteiger partial charge in [-0.3, -0.25) is 10.8 Å². The van der Waals surface area contributed by atoms with Gasteiger partial charge in [0.2, 0.25) is 0 Å². The van der Waals surface area contributed by atoms with Crippen LogP contribution in [0.3, 0.4) is 0 Å². The number of nitrogens with two attached hydrogens (primary N) is 2. The Labute approximate surface area is 105 Å². The largest absolute Gasteiger partial charge is 0.506 e. The second kappa shape index (κ2) is 5.67. The minimum Gasteiger partial charge on any atom is -0.506 e. The van der Waals surface area contributed by atoms with Crippen molar-refractivity contribution in [3.8, 4) is 5.75 Å². The molecular weight excluding hydrogens is 228 g/mol. The molecule has 0 amide bonds. The predicted octanol–water partition coefficient (Wildman–Crippen LogP) is 2.10. The lowest BCUT2D eigenvalue weighted by molar-refractivity contribution is 0.478. The molecule has 7 N–H and O–H groups in total. The first kappa shape index (κ1) is 13.5. The summed E-state index contributed by atoms with van der Waals surface area (Å²) in [5.41, 5.74) is 13.1. The number of hydrogen-bond donors (Lipinski definition) is 5. The number of rotatable bonds is 0. The Kier molecular flexibility index (Phi) is 4.26. The van der Waals surface area contributed by atoms with Crippen LogP contribution in [0.15, 0.2) is 42.0 Å². The highest BCUT2D eigenvalue weighted by Crippen LogP contribution is 2.21. The lowest BCUT2D eigenvalue weighted by Gasteiger charge is -2.01. The van der Waals surface area contributed by atoms with Gasteiger partial charge in [-0.25, -0.2) is 0 Å². The highest BCUT2D eigenvalue weighted by Gasteiger charge is 2.01. The van der Waals surface area contributed by atoms with Crippen molar-refractivity contribution in [1.82, 2.24) is 0 Å². The summed E-state index contributed by atoms with van der Waals surface area (Å²) in [7, 11) is 0. The number of nitrogens with one attached hydrogen (secondary N) is 2. The zero-order valence-corrected chi connectivity index (χ0v) is 10.1. The Morgan fingerprint density at radius 2 is 1.72 bits per heavy atom. The maximum Gasteiger partial charge on any atom is 0.140 e. The molecular formula is C13H16N4O. The van der Waals surface area contributed by atoms with Crippen LogP contribution in [-0.2, 0) is 0 Å². The van der Waals surface area contributed by atoms with E-state index in [4.69, 9.17) is 27.4 Å². The molecule has 94 valence electrons. The van der Waals surface area contributed by atoms with Crippen molar-refractivity contribution in [2.75, 3.05) is 11.5 Å². The van der Waals surface area contributed by atoms with E-state index < -0.39 is 0 Å². The van der Waals surface area contributed by atoms with E-state index in [0.717, 1.165) is 5.57 Å². The molecule has 1 aliphatic rings. The average molecular weight is 244 g/mol. The molecule has 0 fully saturated rings. The summed E-state index contributed by atoms with van der Waals surface area (Å²) >= 11 is 0. The van der Waals surface area contributed by atoms with E-state index in [2.05, 4.69) is 0 Å². The van der Waals surface area contributed by atoms with Gasteiger partial charge in [0.15, 0.2) is 0 Å². The lowest BCUT2D eigenvalue weighted by atomic mass is 10.1. The zero-order valence-electron chi connectivity index (χ0n) is 10.1. The number of phenols is 1. The van der Waals surface area contributed by atoms with Crippen molar-refractivity contribution in [2.24, 2.45) is 0 Å². The molecule has 1 aromatic rings. The summed E-state index contributed by atoms with van der Waals surface area (Å²) in [6.45, 7) is 1.91. The molecule has 5 heteroatoms. The Balaban J connectivity index is 0.000000180. The normalized spacial score (nSPS) is 13.7. The first-order valence-corrected chi connectivity index (χ1v) is 5.28. The van der Waals surface area contributed by atoms with Gasteiger partial charge in [0.05, 0.1) is 17.1 Å². The third-order valence-corrected chi connectivity index (χ3v) is 2.23. The summed E-state index contributed by atoms with van der Waals surface area (Å²) in [4.78, 5) is 0. The van der Waals surface area contributed by atoms with Crippen molar-refractivity contribution in [1.29, 1.82) is 10.8 Å². The van der Waals surface area contributed by atoms with Crippen molar-refractivity contribution < 1.29 is 5.11 Å². The topological polar surface area (TPSA) is 120 Å². The van der Waals surface area contributed by atoms with E-state index in [1.54, 1.807) is 24.3 Å². The maximum atomic E-state index is 8.90. The molecule has 0 aliphatic heterocycles. The summed E-state index contributed by atoms with van der Waals surface area (Å²) in [5.74, 6) is 0.0370. The predicted molar refractivity (Wildman–Crippen MR) is 75.3 cm³/mol. The number of allylic oxidation sites excluding steroid dienone is 4. The number of anilines is 2. The summed E-state index contributed by atoms with van der Waals surface area (Å²) in [5, 5.41) is 23.2. The van der Waals surface area contributed by atoms with Crippen LogP contribution < -0.4 is 11.5 Å². The third kappa shape index (κ3) is 3.79. The smallest absolute Gasteiger partial charge is 0.140 e. The summed E-state index contributed by atoms with van der Waals surface area (Å²) in [6, 6.07) is 4.61. The van der Waals surface area contributed by atoms with Crippen molar-refractivity contribution in [2.45, 2.75) is 6.92 Å². The standard InChI is InChI=1S/C7H8N2.C6H8N2O/c1-5-2-3-6(8)7(9)4-5;7-4-1-2-5(8)6(9)3-4/h2-4,8-9H,1H3;1-3,9H,7-8H2. The third-order valence-electron chi connectivity index (χ3n) is 2.23. The van der Waals surface area contributed by atoms with Gasteiger partial charge in [-0.05, 0) is 36.8 Å². The minimum absolute atomic E-state index is 0.0370. The fraction of sp³-hybridized carbons (Fsp3) is 0.0769. The van der Waals surface area contributed by atoms with Gasteiger partial charge >= 0.3 is 0 Å². The van der Waals surface area contributed by atoms with E-state index in [1.165, 1.54) is 6.07 Å². The van der Waals surface area contributed by atoms with Crippen LogP contribution in [0.1, 0.15) is 6.92 Å². The van der Waals surface area contributed by atoms with Gasteiger partial charge in [-0.2, -0.15) is 0 Å². The summed E-state index contributed by atoms with van der Waals surface area (Å²) in [6.07, 6.45) is 5.15. The highest BCUT2D eigenvalue weighted by atomic mass is 16.3. The Bertz CT molecular complexity index is 544. The quantitative estimate of drug-likeness (QED) is 0.273. The lowest BCUT2D eigenvalue weighted by Crippen LogP contribution is -2.08. The molecule has 0 saturated carbocycles. The molecule has 18 heavy (non-hydrogen) atoms. The number of benzene rings is 1. The highest BCUT2D eigenvalue weighted by molar-refractivity contribution is 6.49. The van der Waals surface area contributed by atoms with Crippen LogP contribution in [0.5, 0.6) is 5.75 Å². The van der Waals surface area contributed by atoms with Crippen molar-refractivity contribution in [3.05, 3.63) is 42.0 Å². The van der Waals surface area contributed by atoms with Gasteiger partial charge in [0.25, 0.3) is 0 Å². The Morgan fingerprint density at radius 3 is 2.17 bits per heavy atom. The van der Waals surface area contributed by atoms with Crippen LogP contribution >= 0.6 is 0 Å². The van der Waals surface area contributed by atoms with Gasteiger partial charge in [-0.1, -0.05) is 6.08 Å². The molecule has 1 aromatic carbocycles. The summed E-state index contributed by atoms with van der Waals surface area (Å²) < 4.78 is 0. The molecule has 0 aromatic heterocycles. The molecule has 0 bridgehead atoms. The van der Waals surface area contributed by atoms with Gasteiger partial charge in [0, 0.05) is 11.8 Å². The van der Waals surface area contributed by atoms with E-state index in [9.17, 15) is 0 Å². The van der Waals surface area contributed by atoms with Crippen LogP contribution in [-0.4, -0.2) is 16.5 Å². The fourth-order valence-electron chi connectivity index (χ4n) is 1.22. The minimum atomic E-state index is 0.0370. The second-order valence-corrected chi connectivity index (χ2v) is 3.87. The fourth-order valence-corrected chi connectivity index (χ4v) is 1.22. The molecule has 5 nitrogen and oxygen atoms in total. The van der Waals surface area contributed by atoms with Crippen LogP contribution in [0.4, 0.5) is 11.4 Å². The van der Waals surface area contributed by atoms with E-state index >= 15 is 0 Å². The maximum absolute atomic E-state index is 8.90. The number of hydrogen-bond acceptors (Lipinski definition) is 5. The van der Waals surface area contributed by atoms with Crippen molar-refractivity contribution >= 4 is 22.8 Å². The van der Waals surface area contributed by atoms with Gasteiger partial charge in [-0.15, -0.1) is 0 Å². The second-order valence-electron chi connectivity index (χ2n) is 3.87. The average Bonchev–Trinajstić information content (AvgIpc) is 2.30. The molecule has 2 rings (SSSR count). The zero-order chi connectivity index (χ0) is 13.7.